The van der Waals surface area contributed by atoms with Crippen LogP contribution < -0.4 is 5.32 Å². The molecule has 1 atom stereocenters. The van der Waals surface area contributed by atoms with Crippen LogP contribution in [0.15, 0.2) is 0 Å². The van der Waals surface area contributed by atoms with Gasteiger partial charge in [0.25, 0.3) is 11.8 Å². The molecule has 0 saturated heterocycles. The molecule has 23 heavy (non-hydrogen) atoms. The molecule has 10 heteroatoms. The van der Waals surface area contributed by atoms with Gasteiger partial charge in [0.2, 0.25) is 0 Å². The number of nitrogens with one attached hydrogen (secondary N) is 1. The molecule has 0 aliphatic rings. The zero-order valence-electron chi connectivity index (χ0n) is 13.8. The Kier molecular flexibility index (Phi) is 8.03. The molecule has 0 aromatic carbocycles. The number of hydrogen-bond donors (Lipinski definition) is 1. The van der Waals surface area contributed by atoms with E-state index in [4.69, 9.17) is 0 Å². The van der Waals surface area contributed by atoms with Gasteiger partial charge in [-0.05, 0) is 33.6 Å². The molecule has 0 radical (unpaired) electrons. The highest BCUT2D eigenvalue weighted by Gasteiger charge is 2.49. The first kappa shape index (κ1) is 22.6. The molecule has 0 heterocycles. The lowest BCUT2D eigenvalue weighted by Gasteiger charge is -2.34. The number of hydrogen-bond acceptors (Lipinski definition) is 2. The standard InChI is InChI=1S/C13H25F7N2Si/c1-21-10-23(4,22(2)3)7-5-6-11(14,15)8-12(16,17)9-13(18,19)20/h21H,5-10H2,1-4H3. The first-order valence-electron chi connectivity index (χ1n) is 7.27. The highest BCUT2D eigenvalue weighted by molar-refractivity contribution is 6.76. The molecule has 0 bridgehead atoms. The van der Waals surface area contributed by atoms with Crippen LogP contribution in [-0.2, 0) is 0 Å². The van der Waals surface area contributed by atoms with Crippen LogP contribution >= 0.6 is 0 Å². The van der Waals surface area contributed by atoms with Crippen molar-refractivity contribution in [1.82, 2.24) is 9.88 Å². The summed E-state index contributed by atoms with van der Waals surface area (Å²) in [5.74, 6) is -8.26. The molecule has 0 saturated carbocycles. The summed E-state index contributed by atoms with van der Waals surface area (Å²) in [6, 6.07) is 0.446. The van der Waals surface area contributed by atoms with Crippen molar-refractivity contribution in [2.24, 2.45) is 0 Å². The Labute approximate surface area is 133 Å². The van der Waals surface area contributed by atoms with Gasteiger partial charge in [-0.25, -0.2) is 17.6 Å². The van der Waals surface area contributed by atoms with E-state index in [0.29, 0.717) is 12.2 Å². The maximum Gasteiger partial charge on any atom is 0.394 e. The Morgan fingerprint density at radius 3 is 1.83 bits per heavy atom. The van der Waals surface area contributed by atoms with Crippen molar-refractivity contribution in [2.45, 2.75) is 56.3 Å². The summed E-state index contributed by atoms with van der Waals surface area (Å²) in [6.07, 6.45) is -9.93. The van der Waals surface area contributed by atoms with E-state index in [-0.39, 0.29) is 6.42 Å². The minimum atomic E-state index is -5.16. The van der Waals surface area contributed by atoms with Crippen molar-refractivity contribution in [1.29, 1.82) is 0 Å². The number of nitrogens with zero attached hydrogens (tertiary/aromatic N) is 1. The lowest BCUT2D eigenvalue weighted by atomic mass is 10.0. The predicted molar refractivity (Wildman–Crippen MR) is 78.5 cm³/mol. The molecule has 0 amide bonds. The fraction of sp³-hybridized carbons (Fsp3) is 1.00. The van der Waals surface area contributed by atoms with Gasteiger partial charge in [-0.1, -0.05) is 6.55 Å². The van der Waals surface area contributed by atoms with Crippen LogP contribution in [0.1, 0.15) is 25.7 Å². The maximum absolute atomic E-state index is 13.6. The van der Waals surface area contributed by atoms with Gasteiger partial charge in [-0.15, -0.1) is 0 Å². The van der Waals surface area contributed by atoms with E-state index in [1.165, 1.54) is 0 Å². The molecule has 140 valence electrons. The van der Waals surface area contributed by atoms with Crippen molar-refractivity contribution < 1.29 is 30.7 Å². The van der Waals surface area contributed by atoms with Crippen molar-refractivity contribution in [3.8, 4) is 0 Å². The van der Waals surface area contributed by atoms with Gasteiger partial charge in [0.1, 0.15) is 14.7 Å². The third-order valence-corrected chi connectivity index (χ3v) is 8.58. The van der Waals surface area contributed by atoms with E-state index in [0.717, 1.165) is 0 Å². The summed E-state index contributed by atoms with van der Waals surface area (Å²) in [4.78, 5) is 0. The van der Waals surface area contributed by atoms with E-state index in [2.05, 4.69) is 5.32 Å². The van der Waals surface area contributed by atoms with Gasteiger partial charge in [-0.2, -0.15) is 13.2 Å². The van der Waals surface area contributed by atoms with Crippen LogP contribution in [0.5, 0.6) is 0 Å². The van der Waals surface area contributed by atoms with Gasteiger partial charge in [0, 0.05) is 12.6 Å². The van der Waals surface area contributed by atoms with E-state index in [9.17, 15) is 30.7 Å². The van der Waals surface area contributed by atoms with Gasteiger partial charge in [0.15, 0.2) is 0 Å². The van der Waals surface area contributed by atoms with Crippen LogP contribution in [0.25, 0.3) is 0 Å². The SMILES string of the molecule is CNC[Si](C)(CCCC(F)(F)CC(F)(F)CC(F)(F)F)N(C)C. The Hall–Kier alpha value is -0.353. The second-order valence-corrected chi connectivity index (χ2v) is 11.2. The minimum absolute atomic E-state index is 0.00230. The fourth-order valence-electron chi connectivity index (χ4n) is 2.40. The normalized spacial score (nSPS) is 16.7. The Morgan fingerprint density at radius 1 is 0.913 bits per heavy atom. The van der Waals surface area contributed by atoms with Crippen LogP contribution in [0.4, 0.5) is 30.7 Å². The average Bonchev–Trinajstić information content (AvgIpc) is 2.22. The third-order valence-electron chi connectivity index (χ3n) is 3.87. The van der Waals surface area contributed by atoms with E-state index in [1.54, 1.807) is 7.05 Å². The molecule has 1 N–H and O–H groups in total. The molecule has 0 spiro atoms. The highest BCUT2D eigenvalue weighted by atomic mass is 28.3. The Morgan fingerprint density at radius 2 is 1.43 bits per heavy atom. The maximum atomic E-state index is 13.6. The average molecular weight is 370 g/mol. The number of rotatable bonds is 10. The van der Waals surface area contributed by atoms with E-state index >= 15 is 0 Å². The molecule has 0 aromatic rings. The third kappa shape index (κ3) is 9.51. The number of halogens is 7. The number of alkyl halides is 7. The zero-order chi connectivity index (χ0) is 18.5. The fourth-order valence-corrected chi connectivity index (χ4v) is 5.04. The highest BCUT2D eigenvalue weighted by Crippen LogP contribution is 2.40. The molecule has 0 fully saturated rings. The summed E-state index contributed by atoms with van der Waals surface area (Å²) >= 11 is 0. The van der Waals surface area contributed by atoms with E-state index in [1.807, 2.05) is 25.2 Å². The molecular formula is C13H25F7N2Si. The molecular weight excluding hydrogens is 345 g/mol. The molecule has 0 aliphatic heterocycles. The Bertz CT molecular complexity index is 361. The second-order valence-electron chi connectivity index (χ2n) is 6.46. The molecule has 0 aliphatic carbocycles. The molecule has 1 unspecified atom stereocenters. The first-order chi connectivity index (χ1) is 10.1. The molecule has 2 nitrogen and oxygen atoms in total. The van der Waals surface area contributed by atoms with Crippen LogP contribution in [0.2, 0.25) is 12.6 Å². The summed E-state index contributed by atoms with van der Waals surface area (Å²) < 4.78 is 91.3. The van der Waals surface area contributed by atoms with Gasteiger partial charge in [0.05, 0.1) is 6.42 Å². The van der Waals surface area contributed by atoms with E-state index < -0.39 is 45.5 Å². The minimum Gasteiger partial charge on any atom is -0.328 e. The predicted octanol–water partition coefficient (Wildman–Crippen LogP) is 4.28. The molecule has 0 rings (SSSR count). The summed E-state index contributed by atoms with van der Waals surface area (Å²) in [5.41, 5.74) is 0. The van der Waals surface area contributed by atoms with Gasteiger partial charge in [-0.3, -0.25) is 0 Å². The smallest absolute Gasteiger partial charge is 0.328 e. The van der Waals surface area contributed by atoms with Crippen molar-refractivity contribution in [3.05, 3.63) is 0 Å². The zero-order valence-corrected chi connectivity index (χ0v) is 14.8. The lowest BCUT2D eigenvalue weighted by Crippen LogP contribution is -2.54. The molecule has 0 aromatic heterocycles. The van der Waals surface area contributed by atoms with Gasteiger partial charge >= 0.3 is 6.18 Å². The van der Waals surface area contributed by atoms with Crippen LogP contribution in [-0.4, -0.2) is 58.1 Å². The van der Waals surface area contributed by atoms with Crippen LogP contribution in [0.3, 0.4) is 0 Å². The quantitative estimate of drug-likeness (QED) is 0.456. The van der Waals surface area contributed by atoms with Gasteiger partial charge < -0.3 is 9.88 Å². The second kappa shape index (κ2) is 8.15. The first-order valence-corrected chi connectivity index (χ1v) is 10.1. The lowest BCUT2D eigenvalue weighted by molar-refractivity contribution is -0.206. The topological polar surface area (TPSA) is 15.3 Å². The Balaban J connectivity index is 4.58. The van der Waals surface area contributed by atoms with Crippen molar-refractivity contribution in [2.75, 3.05) is 27.3 Å². The monoisotopic (exact) mass is 370 g/mol. The summed E-state index contributed by atoms with van der Waals surface area (Å²) in [7, 11) is 3.40. The van der Waals surface area contributed by atoms with Crippen molar-refractivity contribution >= 4 is 8.24 Å². The summed E-state index contributed by atoms with van der Waals surface area (Å²) in [5, 5.41) is 2.99. The largest absolute Gasteiger partial charge is 0.394 e. The summed E-state index contributed by atoms with van der Waals surface area (Å²) in [6.45, 7) is 1.97. The van der Waals surface area contributed by atoms with Crippen LogP contribution in [0, 0.1) is 0 Å². The van der Waals surface area contributed by atoms with Crippen molar-refractivity contribution in [3.63, 3.8) is 0 Å².